The van der Waals surface area contributed by atoms with Gasteiger partial charge in [0.2, 0.25) is 17.7 Å². The highest BCUT2D eigenvalue weighted by atomic mass is 16.4. The maximum Gasteiger partial charge on any atom is 0.326 e. The second-order valence-corrected chi connectivity index (χ2v) is 10.5. The summed E-state index contributed by atoms with van der Waals surface area (Å²) < 4.78 is 0. The average molecular weight is 573 g/mol. The van der Waals surface area contributed by atoms with Gasteiger partial charge in [0.25, 0.3) is 0 Å². The number of hydrogen-bond donors (Lipinski definition) is 5. The first-order valence-corrected chi connectivity index (χ1v) is 14.0. The van der Waals surface area contributed by atoms with E-state index in [1.165, 1.54) is 17.0 Å². The van der Waals surface area contributed by atoms with Gasteiger partial charge in [-0.25, -0.2) is 4.79 Å². The molecule has 0 spiro atoms. The van der Waals surface area contributed by atoms with Crippen LogP contribution in [-0.4, -0.2) is 69.5 Å². The molecule has 1 heterocycles. The number of nitrogens with two attached hydrogens (primary N) is 1. The predicted octanol–water partition coefficient (Wildman–Crippen LogP) is 1.79. The molecule has 1 saturated heterocycles. The fraction of sp³-hybridized carbons (Fsp3) is 0.312. The molecule has 3 aromatic rings. The van der Waals surface area contributed by atoms with Crippen LogP contribution in [0.25, 0.3) is 0 Å². The molecule has 1 aliphatic heterocycles. The number of aromatic hydroxyl groups is 1. The molecule has 3 aromatic carbocycles. The highest BCUT2D eigenvalue weighted by molar-refractivity contribution is 5.94. The van der Waals surface area contributed by atoms with Crippen LogP contribution in [0.1, 0.15) is 29.5 Å². The fourth-order valence-electron chi connectivity index (χ4n) is 5.13. The molecule has 0 saturated carbocycles. The monoisotopic (exact) mass is 572 g/mol. The molecule has 4 unspecified atom stereocenters. The van der Waals surface area contributed by atoms with Gasteiger partial charge in [-0.2, -0.15) is 0 Å². The number of nitrogens with zero attached hydrogens (tertiary/aromatic N) is 1. The van der Waals surface area contributed by atoms with Crippen LogP contribution in [-0.2, 0) is 38.4 Å². The smallest absolute Gasteiger partial charge is 0.326 e. The summed E-state index contributed by atoms with van der Waals surface area (Å²) in [5.41, 5.74) is 8.51. The van der Waals surface area contributed by atoms with Crippen molar-refractivity contribution in [2.75, 3.05) is 6.54 Å². The van der Waals surface area contributed by atoms with E-state index in [2.05, 4.69) is 10.6 Å². The molecule has 10 nitrogen and oxygen atoms in total. The Hall–Kier alpha value is -4.70. The van der Waals surface area contributed by atoms with E-state index in [1.54, 1.807) is 12.1 Å². The van der Waals surface area contributed by atoms with Crippen molar-refractivity contribution in [1.29, 1.82) is 0 Å². The van der Waals surface area contributed by atoms with E-state index in [0.29, 0.717) is 12.8 Å². The van der Waals surface area contributed by atoms with E-state index < -0.39 is 47.9 Å². The van der Waals surface area contributed by atoms with Crippen LogP contribution in [0.5, 0.6) is 5.75 Å². The molecule has 4 atom stereocenters. The summed E-state index contributed by atoms with van der Waals surface area (Å²) in [5, 5.41) is 24.8. The number of phenolic OH excluding ortho intramolecular Hbond substituents is 1. The first-order valence-electron chi connectivity index (χ1n) is 14.0. The molecular weight excluding hydrogens is 536 g/mol. The molecule has 42 heavy (non-hydrogen) atoms. The average Bonchev–Trinajstić information content (AvgIpc) is 3.49. The van der Waals surface area contributed by atoms with Gasteiger partial charge >= 0.3 is 5.97 Å². The predicted molar refractivity (Wildman–Crippen MR) is 156 cm³/mol. The fourth-order valence-corrected chi connectivity index (χ4v) is 5.13. The zero-order chi connectivity index (χ0) is 30.1. The third-order valence-corrected chi connectivity index (χ3v) is 7.36. The number of amides is 3. The maximum absolute atomic E-state index is 13.8. The summed E-state index contributed by atoms with van der Waals surface area (Å²) in [7, 11) is 0. The number of carbonyl (C=O) groups is 4. The third-order valence-electron chi connectivity index (χ3n) is 7.36. The van der Waals surface area contributed by atoms with Crippen molar-refractivity contribution in [3.63, 3.8) is 0 Å². The first-order chi connectivity index (χ1) is 20.2. The number of nitrogens with one attached hydrogen (secondary N) is 2. The number of phenols is 1. The molecule has 3 amide bonds. The Morgan fingerprint density at radius 1 is 0.762 bits per heavy atom. The minimum Gasteiger partial charge on any atom is -0.508 e. The Kier molecular flexibility index (Phi) is 10.3. The summed E-state index contributed by atoms with van der Waals surface area (Å²) in [4.78, 5) is 53.7. The van der Waals surface area contributed by atoms with Gasteiger partial charge in [0.05, 0.1) is 6.04 Å². The van der Waals surface area contributed by atoms with Gasteiger partial charge in [-0.05, 0) is 48.1 Å². The van der Waals surface area contributed by atoms with Crippen molar-refractivity contribution in [2.45, 2.75) is 56.3 Å². The highest BCUT2D eigenvalue weighted by Gasteiger charge is 2.38. The molecule has 0 bridgehead atoms. The SMILES string of the molecule is NC(Cc1ccc(O)cc1)C(=O)NC(Cc1ccccc1)C(=O)NC(Cc1ccccc1)C(=O)N1CCCC1C(=O)O. The van der Waals surface area contributed by atoms with E-state index in [1.807, 2.05) is 60.7 Å². The molecule has 1 fully saturated rings. The Balaban J connectivity index is 1.54. The lowest BCUT2D eigenvalue weighted by Crippen LogP contribution is -2.58. The van der Waals surface area contributed by atoms with Crippen LogP contribution in [0.4, 0.5) is 0 Å². The van der Waals surface area contributed by atoms with Gasteiger partial charge < -0.3 is 31.5 Å². The first kappa shape index (κ1) is 30.3. The number of aliphatic carboxylic acids is 1. The number of benzene rings is 3. The van der Waals surface area contributed by atoms with Gasteiger partial charge in [0.15, 0.2) is 0 Å². The minimum atomic E-state index is -1.08. The van der Waals surface area contributed by atoms with Crippen molar-refractivity contribution >= 4 is 23.7 Å². The van der Waals surface area contributed by atoms with E-state index in [4.69, 9.17) is 5.73 Å². The Bertz CT molecular complexity index is 1370. The van der Waals surface area contributed by atoms with Crippen molar-refractivity contribution < 1.29 is 29.4 Å². The highest BCUT2D eigenvalue weighted by Crippen LogP contribution is 2.20. The second kappa shape index (κ2) is 14.3. The molecule has 10 heteroatoms. The zero-order valence-corrected chi connectivity index (χ0v) is 23.2. The number of likely N-dealkylation sites (tertiary alicyclic amines) is 1. The largest absolute Gasteiger partial charge is 0.508 e. The summed E-state index contributed by atoms with van der Waals surface area (Å²) in [6.45, 7) is 0.285. The summed E-state index contributed by atoms with van der Waals surface area (Å²) in [5.74, 6) is -2.59. The second-order valence-electron chi connectivity index (χ2n) is 10.5. The molecule has 220 valence electrons. The number of carbonyl (C=O) groups excluding carboxylic acids is 3. The number of hydrogen-bond acceptors (Lipinski definition) is 6. The van der Waals surface area contributed by atoms with E-state index in [0.717, 1.165) is 16.7 Å². The molecule has 1 aliphatic rings. The lowest BCUT2D eigenvalue weighted by molar-refractivity contribution is -0.149. The summed E-state index contributed by atoms with van der Waals surface area (Å²) >= 11 is 0. The number of carboxylic acids is 1. The molecule has 0 aromatic heterocycles. The molecular formula is C32H36N4O6. The van der Waals surface area contributed by atoms with Crippen LogP contribution < -0.4 is 16.4 Å². The van der Waals surface area contributed by atoms with Crippen molar-refractivity contribution in [2.24, 2.45) is 5.73 Å². The van der Waals surface area contributed by atoms with Gasteiger partial charge in [0, 0.05) is 19.4 Å². The van der Waals surface area contributed by atoms with Crippen LogP contribution in [0.2, 0.25) is 0 Å². The summed E-state index contributed by atoms with van der Waals surface area (Å²) in [6, 6.07) is 20.6. The zero-order valence-electron chi connectivity index (χ0n) is 23.2. The van der Waals surface area contributed by atoms with Gasteiger partial charge in [0.1, 0.15) is 23.9 Å². The van der Waals surface area contributed by atoms with E-state index in [9.17, 15) is 29.4 Å². The lowest BCUT2D eigenvalue weighted by Gasteiger charge is -2.29. The lowest BCUT2D eigenvalue weighted by atomic mass is 10.0. The van der Waals surface area contributed by atoms with Crippen LogP contribution in [0, 0.1) is 0 Å². The van der Waals surface area contributed by atoms with Crippen LogP contribution in [0.15, 0.2) is 84.9 Å². The van der Waals surface area contributed by atoms with Crippen molar-refractivity contribution in [1.82, 2.24) is 15.5 Å². The molecule has 6 N–H and O–H groups in total. The molecule has 0 radical (unpaired) electrons. The number of rotatable bonds is 12. The van der Waals surface area contributed by atoms with Crippen molar-refractivity contribution in [3.8, 4) is 5.75 Å². The van der Waals surface area contributed by atoms with Crippen LogP contribution in [0.3, 0.4) is 0 Å². The summed E-state index contributed by atoms with van der Waals surface area (Å²) in [6.07, 6.45) is 1.39. The number of carboxylic acid groups (broad SMARTS) is 1. The quantitative estimate of drug-likeness (QED) is 0.221. The molecule has 0 aliphatic carbocycles. The van der Waals surface area contributed by atoms with Gasteiger partial charge in [-0.3, -0.25) is 14.4 Å². The van der Waals surface area contributed by atoms with Gasteiger partial charge in [-0.1, -0.05) is 72.8 Å². The van der Waals surface area contributed by atoms with Crippen molar-refractivity contribution in [3.05, 3.63) is 102 Å². The normalized spacial score (nSPS) is 16.7. The topological polar surface area (TPSA) is 162 Å². The van der Waals surface area contributed by atoms with Gasteiger partial charge in [-0.15, -0.1) is 0 Å². The van der Waals surface area contributed by atoms with E-state index in [-0.39, 0.29) is 31.6 Å². The Morgan fingerprint density at radius 2 is 1.29 bits per heavy atom. The van der Waals surface area contributed by atoms with E-state index >= 15 is 0 Å². The standard InChI is InChI=1S/C32H36N4O6/c33-25(18-23-13-15-24(37)16-14-23)29(38)34-26(19-21-8-3-1-4-9-21)30(39)35-27(20-22-10-5-2-6-11-22)31(40)36-17-7-12-28(36)32(41)42/h1-6,8-11,13-16,25-28,37H,7,12,17-20,33H2,(H,34,38)(H,35,39)(H,41,42). The molecule has 4 rings (SSSR count). The van der Waals surface area contributed by atoms with Crippen LogP contribution >= 0.6 is 0 Å². The minimum absolute atomic E-state index is 0.0968. The maximum atomic E-state index is 13.8. The Morgan fingerprint density at radius 3 is 1.86 bits per heavy atom. The third kappa shape index (κ3) is 8.17. The Labute approximate surface area is 244 Å².